The van der Waals surface area contributed by atoms with Gasteiger partial charge in [0, 0.05) is 24.5 Å². The van der Waals surface area contributed by atoms with Crippen LogP contribution in [0.1, 0.15) is 12.5 Å². The molecule has 3 aromatic rings. The molecule has 0 bridgehead atoms. The van der Waals surface area contributed by atoms with Gasteiger partial charge in [-0.1, -0.05) is 6.07 Å². The molecule has 1 heterocycles. The van der Waals surface area contributed by atoms with Crippen LogP contribution in [0.3, 0.4) is 0 Å². The number of halogens is 2. The fourth-order valence-corrected chi connectivity index (χ4v) is 3.25. The Hall–Kier alpha value is -3.46. The van der Waals surface area contributed by atoms with Crippen LogP contribution in [-0.4, -0.2) is 27.8 Å². The van der Waals surface area contributed by atoms with E-state index in [1.165, 1.54) is 60.3 Å². The number of carbonyl (C=O) groups is 2. The van der Waals surface area contributed by atoms with Crippen molar-refractivity contribution in [2.45, 2.75) is 18.7 Å². The van der Waals surface area contributed by atoms with Gasteiger partial charge in [0.1, 0.15) is 17.4 Å². The van der Waals surface area contributed by atoms with E-state index in [9.17, 15) is 18.4 Å². The number of rotatable bonds is 9. The minimum Gasteiger partial charge on any atom is -0.439 e. The molecule has 1 unspecified atom stereocenters. The molecule has 32 heavy (non-hydrogen) atoms. The highest BCUT2D eigenvalue weighted by atomic mass is 32.2. The van der Waals surface area contributed by atoms with E-state index < -0.39 is 5.25 Å². The number of benzene rings is 2. The topological polar surface area (TPSA) is 80.3 Å². The maximum absolute atomic E-state index is 12.9. The summed E-state index contributed by atoms with van der Waals surface area (Å²) in [4.78, 5) is 28.4. The fraction of sp³-hybridized carbons (Fsp3) is 0.174. The summed E-state index contributed by atoms with van der Waals surface area (Å²) in [7, 11) is 0. The number of pyridine rings is 1. The SMILES string of the molecule is CC(SCC(=O)Nc1ccc(F)cc1)C(=O)NCc1ccc(Oc2ccc(F)cc2)nc1. The van der Waals surface area contributed by atoms with Gasteiger partial charge in [0.15, 0.2) is 0 Å². The van der Waals surface area contributed by atoms with Gasteiger partial charge in [0.2, 0.25) is 17.7 Å². The van der Waals surface area contributed by atoms with Crippen molar-refractivity contribution in [2.24, 2.45) is 0 Å². The van der Waals surface area contributed by atoms with E-state index in [-0.39, 0.29) is 35.7 Å². The molecule has 0 saturated carbocycles. The lowest BCUT2D eigenvalue weighted by molar-refractivity contribution is -0.120. The standard InChI is InChI=1S/C23H21F2N3O3S/c1-15(32-14-21(29)28-19-7-3-17(24)4-8-19)23(30)27-13-16-2-11-22(26-12-16)31-20-9-5-18(25)6-10-20/h2-12,15H,13-14H2,1H3,(H,27,30)(H,28,29). The average molecular weight is 458 g/mol. The lowest BCUT2D eigenvalue weighted by Gasteiger charge is -2.12. The normalized spacial score (nSPS) is 11.5. The summed E-state index contributed by atoms with van der Waals surface area (Å²) in [5.74, 6) is -0.316. The van der Waals surface area contributed by atoms with Crippen LogP contribution < -0.4 is 15.4 Å². The number of hydrogen-bond donors (Lipinski definition) is 2. The summed E-state index contributed by atoms with van der Waals surface area (Å²) in [5.41, 5.74) is 1.27. The Balaban J connectivity index is 1.39. The van der Waals surface area contributed by atoms with Gasteiger partial charge >= 0.3 is 0 Å². The zero-order valence-electron chi connectivity index (χ0n) is 17.2. The second kappa shape index (κ2) is 11.2. The van der Waals surface area contributed by atoms with Crippen LogP contribution in [0.25, 0.3) is 0 Å². The quantitative estimate of drug-likeness (QED) is 0.494. The molecule has 6 nitrogen and oxygen atoms in total. The molecular formula is C23H21F2N3O3S. The molecule has 0 spiro atoms. The molecule has 0 aliphatic rings. The largest absolute Gasteiger partial charge is 0.439 e. The van der Waals surface area contributed by atoms with Crippen LogP contribution in [0.4, 0.5) is 14.5 Å². The van der Waals surface area contributed by atoms with Gasteiger partial charge in [0.05, 0.1) is 11.0 Å². The first kappa shape index (κ1) is 23.2. The van der Waals surface area contributed by atoms with Crippen molar-refractivity contribution in [3.05, 3.63) is 84.1 Å². The van der Waals surface area contributed by atoms with E-state index in [0.717, 1.165) is 5.56 Å². The van der Waals surface area contributed by atoms with Crippen molar-refractivity contribution in [3.8, 4) is 11.6 Å². The molecule has 0 aliphatic heterocycles. The monoisotopic (exact) mass is 457 g/mol. The Morgan fingerprint density at radius 3 is 2.28 bits per heavy atom. The van der Waals surface area contributed by atoms with Crippen molar-refractivity contribution >= 4 is 29.3 Å². The highest BCUT2D eigenvalue weighted by Crippen LogP contribution is 2.19. The predicted octanol–water partition coefficient (Wildman–Crippen LogP) is 4.53. The summed E-state index contributed by atoms with van der Waals surface area (Å²) in [5, 5.41) is 5.01. The fourth-order valence-electron chi connectivity index (χ4n) is 2.54. The minimum absolute atomic E-state index is 0.0863. The first-order valence-corrected chi connectivity index (χ1v) is 10.8. The maximum atomic E-state index is 12.9. The first-order valence-electron chi connectivity index (χ1n) is 9.72. The molecule has 0 aliphatic carbocycles. The summed E-state index contributed by atoms with van der Waals surface area (Å²) in [6.45, 7) is 1.98. The van der Waals surface area contributed by atoms with Crippen LogP contribution in [0.15, 0.2) is 66.9 Å². The molecule has 166 valence electrons. The highest BCUT2D eigenvalue weighted by molar-refractivity contribution is 8.01. The van der Waals surface area contributed by atoms with Crippen molar-refractivity contribution in [1.29, 1.82) is 0 Å². The number of carbonyl (C=O) groups excluding carboxylic acids is 2. The van der Waals surface area contributed by atoms with Crippen molar-refractivity contribution in [1.82, 2.24) is 10.3 Å². The number of aromatic nitrogens is 1. The zero-order chi connectivity index (χ0) is 22.9. The molecule has 9 heteroatoms. The van der Waals surface area contributed by atoms with Crippen molar-refractivity contribution in [2.75, 3.05) is 11.1 Å². The van der Waals surface area contributed by atoms with E-state index in [1.807, 2.05) is 0 Å². The number of ether oxygens (including phenoxy) is 1. The summed E-state index contributed by atoms with van der Waals surface area (Å²) >= 11 is 1.19. The van der Waals surface area contributed by atoms with E-state index in [1.54, 1.807) is 25.3 Å². The lowest BCUT2D eigenvalue weighted by atomic mass is 10.3. The smallest absolute Gasteiger partial charge is 0.234 e. The molecule has 1 aromatic heterocycles. The van der Waals surface area contributed by atoms with Crippen LogP contribution in [0.2, 0.25) is 0 Å². The van der Waals surface area contributed by atoms with Crippen LogP contribution >= 0.6 is 11.8 Å². The van der Waals surface area contributed by atoms with E-state index in [2.05, 4.69) is 15.6 Å². The molecular weight excluding hydrogens is 436 g/mol. The average Bonchev–Trinajstić information content (AvgIpc) is 2.80. The molecule has 2 aromatic carbocycles. The number of hydrogen-bond acceptors (Lipinski definition) is 5. The van der Waals surface area contributed by atoms with Gasteiger partial charge in [-0.05, 0) is 61.0 Å². The molecule has 0 fully saturated rings. The highest BCUT2D eigenvalue weighted by Gasteiger charge is 2.15. The second-order valence-electron chi connectivity index (χ2n) is 6.79. The van der Waals surface area contributed by atoms with Gasteiger partial charge in [-0.3, -0.25) is 9.59 Å². The third-order valence-corrected chi connectivity index (χ3v) is 5.40. The molecule has 0 saturated heterocycles. The Bertz CT molecular complexity index is 1050. The number of nitrogens with one attached hydrogen (secondary N) is 2. The molecule has 2 N–H and O–H groups in total. The number of thioether (sulfide) groups is 1. The second-order valence-corrected chi connectivity index (χ2v) is 8.12. The van der Waals surface area contributed by atoms with Gasteiger partial charge in [-0.15, -0.1) is 11.8 Å². The number of amides is 2. The minimum atomic E-state index is -0.442. The van der Waals surface area contributed by atoms with Gasteiger partial charge in [-0.2, -0.15) is 0 Å². The van der Waals surface area contributed by atoms with Gasteiger partial charge in [0.25, 0.3) is 0 Å². The maximum Gasteiger partial charge on any atom is 0.234 e. The summed E-state index contributed by atoms with van der Waals surface area (Å²) < 4.78 is 31.4. The molecule has 1 atom stereocenters. The Labute approximate surface area is 188 Å². The number of nitrogens with zero attached hydrogens (tertiary/aromatic N) is 1. The Kier molecular flexibility index (Phi) is 8.15. The van der Waals surface area contributed by atoms with E-state index in [4.69, 9.17) is 4.74 Å². The van der Waals surface area contributed by atoms with E-state index >= 15 is 0 Å². The van der Waals surface area contributed by atoms with Crippen molar-refractivity contribution < 1.29 is 23.1 Å². The molecule has 2 amide bonds. The Morgan fingerprint density at radius 1 is 1.00 bits per heavy atom. The summed E-state index contributed by atoms with van der Waals surface area (Å²) in [6, 6.07) is 14.5. The zero-order valence-corrected chi connectivity index (χ0v) is 18.0. The van der Waals surface area contributed by atoms with E-state index in [0.29, 0.717) is 17.3 Å². The van der Waals surface area contributed by atoms with Crippen molar-refractivity contribution in [3.63, 3.8) is 0 Å². The third kappa shape index (κ3) is 7.35. The van der Waals surface area contributed by atoms with Crippen LogP contribution in [0, 0.1) is 11.6 Å². The Morgan fingerprint density at radius 2 is 1.66 bits per heavy atom. The first-order chi connectivity index (χ1) is 15.4. The third-order valence-electron chi connectivity index (χ3n) is 4.26. The van der Waals surface area contributed by atoms with Crippen LogP contribution in [0.5, 0.6) is 11.6 Å². The number of anilines is 1. The molecule has 3 rings (SSSR count). The van der Waals surface area contributed by atoms with Gasteiger partial charge in [-0.25, -0.2) is 13.8 Å². The predicted molar refractivity (Wildman–Crippen MR) is 120 cm³/mol. The molecule has 0 radical (unpaired) electrons. The van der Waals surface area contributed by atoms with Gasteiger partial charge < -0.3 is 15.4 Å². The lowest BCUT2D eigenvalue weighted by Crippen LogP contribution is -2.31. The van der Waals surface area contributed by atoms with Crippen LogP contribution in [-0.2, 0) is 16.1 Å². The summed E-state index contributed by atoms with van der Waals surface area (Å²) in [6.07, 6.45) is 1.58.